The first-order chi connectivity index (χ1) is 11.5. The number of anilines is 1. The van der Waals surface area contributed by atoms with Crippen LogP contribution in [0.4, 0.5) is 5.00 Å². The predicted molar refractivity (Wildman–Crippen MR) is 100 cm³/mol. The second-order valence-corrected chi connectivity index (χ2v) is 6.13. The van der Waals surface area contributed by atoms with E-state index in [1.165, 1.54) is 6.08 Å². The van der Waals surface area contributed by atoms with Gasteiger partial charge in [-0.15, -0.1) is 0 Å². The van der Waals surface area contributed by atoms with E-state index in [1.54, 1.807) is 18.3 Å². The zero-order valence-corrected chi connectivity index (χ0v) is 15.1. The van der Waals surface area contributed by atoms with E-state index in [0.717, 1.165) is 33.4 Å². The van der Waals surface area contributed by atoms with E-state index in [1.807, 2.05) is 56.3 Å². The maximum atomic E-state index is 10.5. The number of rotatable bonds is 6. The van der Waals surface area contributed by atoms with E-state index in [2.05, 4.69) is 9.98 Å². The Hall–Kier alpha value is -2.47. The lowest BCUT2D eigenvalue weighted by Crippen LogP contribution is -2.22. The molecule has 6 heteroatoms. The average Bonchev–Trinajstić information content (AvgIpc) is 3.05. The van der Waals surface area contributed by atoms with Crippen LogP contribution < -0.4 is 9.64 Å². The zero-order valence-electron chi connectivity index (χ0n) is 14.3. The van der Waals surface area contributed by atoms with Crippen molar-refractivity contribution in [2.45, 2.75) is 20.8 Å². The first-order valence-corrected chi connectivity index (χ1v) is 8.47. The SMILES string of the molecule is CCOc1ccc(-c2ncc(N(C)C(C)=N/C(C)=C\C=O)s2)cc1. The van der Waals surface area contributed by atoms with Gasteiger partial charge >= 0.3 is 0 Å². The molecule has 0 saturated heterocycles. The molecule has 1 heterocycles. The number of aldehydes is 1. The lowest BCUT2D eigenvalue weighted by Gasteiger charge is -2.15. The van der Waals surface area contributed by atoms with Crippen LogP contribution in [0.15, 0.2) is 47.2 Å². The van der Waals surface area contributed by atoms with Gasteiger partial charge in [0.15, 0.2) is 0 Å². The van der Waals surface area contributed by atoms with E-state index in [9.17, 15) is 4.79 Å². The van der Waals surface area contributed by atoms with Crippen LogP contribution in [0.25, 0.3) is 10.6 Å². The van der Waals surface area contributed by atoms with E-state index < -0.39 is 0 Å². The van der Waals surface area contributed by atoms with Gasteiger partial charge in [-0.3, -0.25) is 4.79 Å². The van der Waals surface area contributed by atoms with Crippen molar-refractivity contribution in [1.29, 1.82) is 0 Å². The highest BCUT2D eigenvalue weighted by Crippen LogP contribution is 2.31. The van der Waals surface area contributed by atoms with Gasteiger partial charge in [-0.1, -0.05) is 11.3 Å². The molecule has 1 aromatic carbocycles. The summed E-state index contributed by atoms with van der Waals surface area (Å²) in [4.78, 5) is 21.3. The van der Waals surface area contributed by atoms with E-state index in [0.29, 0.717) is 12.3 Å². The summed E-state index contributed by atoms with van der Waals surface area (Å²) >= 11 is 1.59. The van der Waals surface area contributed by atoms with Crippen LogP contribution in [0.1, 0.15) is 20.8 Å². The number of thiazole rings is 1. The van der Waals surface area contributed by atoms with Crippen LogP contribution >= 0.6 is 11.3 Å². The highest BCUT2D eigenvalue weighted by molar-refractivity contribution is 7.19. The van der Waals surface area contributed by atoms with E-state index >= 15 is 0 Å². The zero-order chi connectivity index (χ0) is 17.5. The smallest absolute Gasteiger partial charge is 0.144 e. The largest absolute Gasteiger partial charge is 0.494 e. The Balaban J connectivity index is 2.17. The van der Waals surface area contributed by atoms with Gasteiger partial charge in [-0.05, 0) is 51.1 Å². The molecule has 0 spiro atoms. The molecule has 5 nitrogen and oxygen atoms in total. The number of carbonyl (C=O) groups excluding carboxylic acids is 1. The lowest BCUT2D eigenvalue weighted by atomic mass is 10.2. The Labute approximate surface area is 146 Å². The Bertz CT molecular complexity index is 748. The van der Waals surface area contributed by atoms with E-state index in [4.69, 9.17) is 4.74 Å². The van der Waals surface area contributed by atoms with Crippen LogP contribution in [0, 0.1) is 0 Å². The molecule has 126 valence electrons. The summed E-state index contributed by atoms with van der Waals surface area (Å²) in [5.41, 5.74) is 1.72. The number of benzene rings is 1. The molecule has 0 N–H and O–H groups in total. The minimum atomic E-state index is 0.655. The number of hydrogen-bond acceptors (Lipinski definition) is 5. The van der Waals surface area contributed by atoms with Crippen molar-refractivity contribution in [3.8, 4) is 16.3 Å². The molecule has 0 unspecified atom stereocenters. The van der Waals surface area contributed by atoms with Crippen LogP contribution in [0.3, 0.4) is 0 Å². The molecule has 0 radical (unpaired) electrons. The number of carbonyl (C=O) groups is 1. The summed E-state index contributed by atoms with van der Waals surface area (Å²) in [6.07, 6.45) is 4.01. The number of aliphatic imine (C=N–C) groups is 1. The Morgan fingerprint density at radius 1 is 1.33 bits per heavy atom. The van der Waals surface area contributed by atoms with Crippen molar-refractivity contribution in [2.24, 2.45) is 4.99 Å². The van der Waals surface area contributed by atoms with Crippen molar-refractivity contribution in [2.75, 3.05) is 18.6 Å². The predicted octanol–water partition coefficient (Wildman–Crippen LogP) is 4.17. The standard InChI is InChI=1S/C18H21N3O2S/c1-5-23-16-8-6-15(7-9-16)18-19-12-17(24-18)21(4)14(3)20-13(2)10-11-22/h6-12H,5H2,1-4H3/b13-10-,20-14?. The molecule has 0 aliphatic carbocycles. The van der Waals surface area contributed by atoms with Crippen molar-refractivity contribution in [1.82, 2.24) is 4.98 Å². The third-order valence-corrected chi connectivity index (χ3v) is 4.49. The van der Waals surface area contributed by atoms with Gasteiger partial charge in [0.1, 0.15) is 27.9 Å². The average molecular weight is 343 g/mol. The summed E-state index contributed by atoms with van der Waals surface area (Å²) in [5.74, 6) is 1.66. The van der Waals surface area contributed by atoms with Crippen LogP contribution in [-0.4, -0.2) is 30.8 Å². The minimum absolute atomic E-state index is 0.655. The summed E-state index contributed by atoms with van der Waals surface area (Å²) in [7, 11) is 1.93. The summed E-state index contributed by atoms with van der Waals surface area (Å²) in [6.45, 7) is 6.32. The monoisotopic (exact) mass is 343 g/mol. The van der Waals surface area contributed by atoms with Crippen molar-refractivity contribution in [3.05, 3.63) is 42.2 Å². The van der Waals surface area contributed by atoms with Crippen LogP contribution in [0.5, 0.6) is 5.75 Å². The fourth-order valence-electron chi connectivity index (χ4n) is 2.04. The highest BCUT2D eigenvalue weighted by Gasteiger charge is 2.10. The number of amidine groups is 1. The number of aromatic nitrogens is 1. The van der Waals surface area contributed by atoms with Crippen LogP contribution in [-0.2, 0) is 4.79 Å². The molecule has 24 heavy (non-hydrogen) atoms. The second-order valence-electron chi connectivity index (χ2n) is 5.12. The summed E-state index contributed by atoms with van der Waals surface area (Å²) in [6, 6.07) is 7.91. The number of allylic oxidation sites excluding steroid dienone is 2. The topological polar surface area (TPSA) is 54.8 Å². The molecule has 0 atom stereocenters. The van der Waals surface area contributed by atoms with Gasteiger partial charge in [0.25, 0.3) is 0 Å². The van der Waals surface area contributed by atoms with Crippen molar-refractivity contribution in [3.63, 3.8) is 0 Å². The first kappa shape index (κ1) is 17.9. The van der Waals surface area contributed by atoms with Crippen molar-refractivity contribution < 1.29 is 9.53 Å². The molecular formula is C18H21N3O2S. The number of nitrogens with zero attached hydrogens (tertiary/aromatic N) is 3. The Morgan fingerprint density at radius 2 is 2.04 bits per heavy atom. The van der Waals surface area contributed by atoms with Crippen molar-refractivity contribution >= 4 is 28.5 Å². The first-order valence-electron chi connectivity index (χ1n) is 7.65. The Morgan fingerprint density at radius 3 is 2.67 bits per heavy atom. The summed E-state index contributed by atoms with van der Waals surface area (Å²) < 4.78 is 5.46. The van der Waals surface area contributed by atoms with Gasteiger partial charge < -0.3 is 9.64 Å². The maximum absolute atomic E-state index is 10.5. The molecule has 0 aliphatic heterocycles. The normalized spacial score (nSPS) is 12.2. The number of hydrogen-bond donors (Lipinski definition) is 0. The molecular weight excluding hydrogens is 322 g/mol. The highest BCUT2D eigenvalue weighted by atomic mass is 32.1. The van der Waals surface area contributed by atoms with Gasteiger partial charge in [0.05, 0.1) is 12.8 Å². The van der Waals surface area contributed by atoms with E-state index in [-0.39, 0.29) is 0 Å². The third kappa shape index (κ3) is 4.52. The quantitative estimate of drug-likeness (QED) is 0.342. The number of ether oxygens (including phenoxy) is 1. The second kappa shape index (κ2) is 8.40. The van der Waals surface area contributed by atoms with Gasteiger partial charge in [0.2, 0.25) is 0 Å². The van der Waals surface area contributed by atoms with Crippen LogP contribution in [0.2, 0.25) is 0 Å². The molecule has 0 bridgehead atoms. The molecule has 2 rings (SSSR count). The summed E-state index contributed by atoms with van der Waals surface area (Å²) in [5, 5.41) is 1.92. The Kier molecular flexibility index (Phi) is 6.26. The van der Waals surface area contributed by atoms with Gasteiger partial charge in [-0.2, -0.15) is 0 Å². The molecule has 0 saturated carbocycles. The van der Waals surface area contributed by atoms with Gasteiger partial charge in [0, 0.05) is 18.3 Å². The molecule has 2 aromatic rings. The molecule has 0 aliphatic rings. The molecule has 0 amide bonds. The minimum Gasteiger partial charge on any atom is -0.494 e. The lowest BCUT2D eigenvalue weighted by molar-refractivity contribution is -0.104. The maximum Gasteiger partial charge on any atom is 0.144 e. The van der Waals surface area contributed by atoms with Gasteiger partial charge in [-0.25, -0.2) is 9.98 Å². The molecule has 0 fully saturated rings. The fraction of sp³-hybridized carbons (Fsp3) is 0.278. The fourth-order valence-corrected chi connectivity index (χ4v) is 2.97. The third-order valence-electron chi connectivity index (χ3n) is 3.37. The molecule has 1 aromatic heterocycles.